The van der Waals surface area contributed by atoms with E-state index in [2.05, 4.69) is 10.3 Å². The maximum Gasteiger partial charge on any atom is 0.328 e. The van der Waals surface area contributed by atoms with Gasteiger partial charge in [0.15, 0.2) is 5.78 Å². The van der Waals surface area contributed by atoms with Crippen molar-refractivity contribution in [2.45, 2.75) is 44.6 Å². The summed E-state index contributed by atoms with van der Waals surface area (Å²) < 4.78 is 1.66. The quantitative estimate of drug-likeness (QED) is 0.798. The van der Waals surface area contributed by atoms with Crippen LogP contribution in [0.25, 0.3) is 0 Å². The molecule has 1 saturated carbocycles. The molecule has 3 rings (SSSR count). The standard InChI is InChI=1S/C15H19N3O2S/c19-12-7-4-9-16-14(12)13-8-10-18(21-13)15(20)17-11-5-2-1-3-6-11/h4,8-9,11H,1-3,5-7,10H2,(H,17,20). The lowest BCUT2D eigenvalue weighted by Gasteiger charge is -2.25. The number of nitrogens with one attached hydrogen (secondary N) is 1. The topological polar surface area (TPSA) is 61.8 Å². The maximum atomic E-state index is 12.2. The number of hydrogen-bond acceptors (Lipinski definition) is 4. The predicted octanol–water partition coefficient (Wildman–Crippen LogP) is 2.80. The molecule has 0 aromatic heterocycles. The number of nitrogens with zero attached hydrogens (tertiary/aromatic N) is 2. The van der Waals surface area contributed by atoms with Gasteiger partial charge in [-0.1, -0.05) is 25.3 Å². The Balaban J connectivity index is 1.55. The molecule has 2 aliphatic heterocycles. The number of ketones is 1. The zero-order valence-corrected chi connectivity index (χ0v) is 12.7. The Morgan fingerprint density at radius 1 is 1.33 bits per heavy atom. The van der Waals surface area contributed by atoms with Gasteiger partial charge < -0.3 is 5.32 Å². The number of carbonyl (C=O) groups is 2. The zero-order valence-electron chi connectivity index (χ0n) is 11.9. The van der Waals surface area contributed by atoms with Crippen LogP contribution in [-0.2, 0) is 4.79 Å². The molecule has 1 fully saturated rings. The van der Waals surface area contributed by atoms with Gasteiger partial charge in [-0.2, -0.15) is 0 Å². The molecule has 0 radical (unpaired) electrons. The van der Waals surface area contributed by atoms with E-state index in [0.29, 0.717) is 24.7 Å². The van der Waals surface area contributed by atoms with Gasteiger partial charge in [0.2, 0.25) is 0 Å². The molecule has 112 valence electrons. The first-order chi connectivity index (χ1) is 10.2. The van der Waals surface area contributed by atoms with Crippen molar-refractivity contribution in [1.29, 1.82) is 0 Å². The predicted molar refractivity (Wildman–Crippen MR) is 84.0 cm³/mol. The highest BCUT2D eigenvalue weighted by Crippen LogP contribution is 2.30. The summed E-state index contributed by atoms with van der Waals surface area (Å²) in [5.41, 5.74) is 0.482. The third kappa shape index (κ3) is 3.37. The van der Waals surface area contributed by atoms with E-state index in [0.717, 1.165) is 17.7 Å². The molecule has 6 heteroatoms. The van der Waals surface area contributed by atoms with E-state index in [1.54, 1.807) is 16.6 Å². The van der Waals surface area contributed by atoms with Crippen molar-refractivity contribution < 1.29 is 9.59 Å². The van der Waals surface area contributed by atoms with Gasteiger partial charge in [0.05, 0.1) is 11.4 Å². The van der Waals surface area contributed by atoms with Crippen molar-refractivity contribution in [3.63, 3.8) is 0 Å². The smallest absolute Gasteiger partial charge is 0.328 e. The van der Waals surface area contributed by atoms with Gasteiger partial charge >= 0.3 is 6.03 Å². The van der Waals surface area contributed by atoms with Gasteiger partial charge in [0, 0.05) is 18.7 Å². The average molecular weight is 305 g/mol. The molecule has 0 aromatic carbocycles. The average Bonchev–Trinajstić information content (AvgIpc) is 2.98. The van der Waals surface area contributed by atoms with Crippen LogP contribution in [-0.4, -0.2) is 34.4 Å². The molecule has 0 atom stereocenters. The van der Waals surface area contributed by atoms with Crippen LogP contribution in [0.5, 0.6) is 0 Å². The van der Waals surface area contributed by atoms with Crippen molar-refractivity contribution in [1.82, 2.24) is 9.62 Å². The molecule has 0 bridgehead atoms. The molecule has 2 amide bonds. The highest BCUT2D eigenvalue weighted by molar-refractivity contribution is 8.02. The number of Topliss-reactive ketones (excluding diaryl/α,β-unsaturated/α-hetero) is 1. The van der Waals surface area contributed by atoms with Gasteiger partial charge in [-0.3, -0.25) is 14.1 Å². The number of aliphatic imine (C=N–C) groups is 1. The fraction of sp³-hybridized carbons (Fsp3) is 0.533. The molecule has 0 unspecified atom stereocenters. The van der Waals surface area contributed by atoms with Crippen LogP contribution in [0.3, 0.4) is 0 Å². The van der Waals surface area contributed by atoms with Crippen LogP contribution in [0, 0.1) is 0 Å². The van der Waals surface area contributed by atoms with Gasteiger partial charge in [-0.15, -0.1) is 0 Å². The summed E-state index contributed by atoms with van der Waals surface area (Å²) in [6.45, 7) is 0.522. The highest BCUT2D eigenvalue weighted by Gasteiger charge is 2.28. The third-order valence-electron chi connectivity index (χ3n) is 3.92. The minimum absolute atomic E-state index is 0.0192. The first-order valence-electron chi connectivity index (χ1n) is 7.46. The van der Waals surface area contributed by atoms with E-state index >= 15 is 0 Å². The van der Waals surface area contributed by atoms with E-state index in [1.165, 1.54) is 31.2 Å². The maximum absolute atomic E-state index is 12.2. The summed E-state index contributed by atoms with van der Waals surface area (Å²) >= 11 is 1.31. The molecule has 21 heavy (non-hydrogen) atoms. The first-order valence-corrected chi connectivity index (χ1v) is 8.24. The lowest BCUT2D eigenvalue weighted by molar-refractivity contribution is -0.112. The third-order valence-corrected chi connectivity index (χ3v) is 5.01. The minimum Gasteiger partial charge on any atom is -0.335 e. The molecule has 0 spiro atoms. The molecule has 5 nitrogen and oxygen atoms in total. The number of carbonyl (C=O) groups excluding carboxylic acids is 2. The number of allylic oxidation sites excluding steroid dienone is 2. The molecule has 1 aliphatic carbocycles. The molecule has 3 aliphatic rings. The second-order valence-corrected chi connectivity index (χ2v) is 6.56. The number of hydrogen-bond donors (Lipinski definition) is 1. The number of amides is 2. The van der Waals surface area contributed by atoms with Crippen molar-refractivity contribution in [3.8, 4) is 0 Å². The summed E-state index contributed by atoms with van der Waals surface area (Å²) in [5.74, 6) is 0.0192. The molecular weight excluding hydrogens is 286 g/mol. The molecule has 2 heterocycles. The second-order valence-electron chi connectivity index (χ2n) is 5.49. The molecule has 0 saturated heterocycles. The molecular formula is C15H19N3O2S. The Morgan fingerprint density at radius 3 is 2.90 bits per heavy atom. The fourth-order valence-corrected chi connectivity index (χ4v) is 3.70. The van der Waals surface area contributed by atoms with Crippen molar-refractivity contribution in [2.24, 2.45) is 4.99 Å². The van der Waals surface area contributed by atoms with E-state index in [1.807, 2.05) is 6.08 Å². The van der Waals surface area contributed by atoms with Gasteiger partial charge in [0.25, 0.3) is 0 Å². The summed E-state index contributed by atoms with van der Waals surface area (Å²) in [6.07, 6.45) is 11.5. The first kappa shape index (κ1) is 14.4. The van der Waals surface area contributed by atoms with Crippen LogP contribution in [0.1, 0.15) is 38.5 Å². The monoisotopic (exact) mass is 305 g/mol. The van der Waals surface area contributed by atoms with E-state index < -0.39 is 0 Å². The minimum atomic E-state index is -0.0578. The Morgan fingerprint density at radius 2 is 2.14 bits per heavy atom. The van der Waals surface area contributed by atoms with E-state index in [4.69, 9.17) is 0 Å². The zero-order chi connectivity index (χ0) is 14.7. The van der Waals surface area contributed by atoms with Crippen molar-refractivity contribution >= 4 is 29.5 Å². The van der Waals surface area contributed by atoms with Crippen LogP contribution >= 0.6 is 11.9 Å². The van der Waals surface area contributed by atoms with Gasteiger partial charge in [0.1, 0.15) is 5.71 Å². The lowest BCUT2D eigenvalue weighted by atomic mass is 9.96. The number of urea groups is 1. The Hall–Kier alpha value is -1.56. The van der Waals surface area contributed by atoms with Crippen LogP contribution in [0.15, 0.2) is 28.2 Å². The molecule has 1 N–H and O–H groups in total. The van der Waals surface area contributed by atoms with E-state index in [-0.39, 0.29) is 11.8 Å². The number of rotatable bonds is 2. The van der Waals surface area contributed by atoms with Gasteiger partial charge in [-0.05, 0) is 30.9 Å². The normalized spacial score (nSPS) is 23.0. The van der Waals surface area contributed by atoms with Crippen LogP contribution in [0.4, 0.5) is 4.79 Å². The van der Waals surface area contributed by atoms with Crippen LogP contribution < -0.4 is 5.32 Å². The van der Waals surface area contributed by atoms with Crippen LogP contribution in [0.2, 0.25) is 0 Å². The highest BCUT2D eigenvalue weighted by atomic mass is 32.2. The summed E-state index contributed by atoms with van der Waals surface area (Å²) in [4.78, 5) is 29.0. The summed E-state index contributed by atoms with van der Waals surface area (Å²) in [7, 11) is 0. The molecule has 0 aromatic rings. The lowest BCUT2D eigenvalue weighted by Crippen LogP contribution is -2.42. The fourth-order valence-electron chi connectivity index (χ4n) is 2.77. The van der Waals surface area contributed by atoms with Crippen molar-refractivity contribution in [2.75, 3.05) is 6.54 Å². The van der Waals surface area contributed by atoms with E-state index in [9.17, 15) is 9.59 Å². The van der Waals surface area contributed by atoms with Crippen molar-refractivity contribution in [3.05, 3.63) is 23.3 Å². The SMILES string of the molecule is O=C1CC=CN=C1C1=CCN(C(=O)NC2CCCCC2)S1. The largest absolute Gasteiger partial charge is 0.335 e. The summed E-state index contributed by atoms with van der Waals surface area (Å²) in [6, 6.07) is 0.241. The second kappa shape index (κ2) is 6.47. The Kier molecular flexibility index (Phi) is 4.43. The Bertz CT molecular complexity index is 533. The Labute approximate surface area is 128 Å². The van der Waals surface area contributed by atoms with Gasteiger partial charge in [-0.25, -0.2) is 4.79 Å². The summed E-state index contributed by atoms with van der Waals surface area (Å²) in [5, 5.41) is 3.09.